The number of rotatable bonds is 6. The molecule has 0 spiro atoms. The van der Waals surface area contributed by atoms with Crippen LogP contribution in [0.25, 0.3) is 5.00 Å². The van der Waals surface area contributed by atoms with Crippen molar-refractivity contribution >= 4 is 21.4 Å². The third-order valence-corrected chi connectivity index (χ3v) is 7.99. The van der Waals surface area contributed by atoms with Gasteiger partial charge in [0.05, 0.1) is 7.11 Å². The second-order valence-electron chi connectivity index (χ2n) is 6.93. The van der Waals surface area contributed by atoms with Crippen LogP contribution >= 0.6 is 11.3 Å². The van der Waals surface area contributed by atoms with Crippen molar-refractivity contribution in [1.29, 1.82) is 0 Å². The number of hydrogen-bond acceptors (Lipinski definition) is 6. The van der Waals surface area contributed by atoms with Gasteiger partial charge in [-0.1, -0.05) is 12.1 Å². The fourth-order valence-electron chi connectivity index (χ4n) is 3.67. The maximum Gasteiger partial charge on any atom is 0.348 e. The van der Waals surface area contributed by atoms with Gasteiger partial charge in [0.2, 0.25) is 10.0 Å². The molecule has 0 atom stereocenters. The van der Waals surface area contributed by atoms with Gasteiger partial charge in [-0.15, -0.1) is 11.3 Å². The maximum absolute atomic E-state index is 13.0. The Morgan fingerprint density at radius 2 is 1.97 bits per heavy atom. The molecule has 0 unspecified atom stereocenters. The molecule has 1 saturated heterocycles. The van der Waals surface area contributed by atoms with Crippen molar-refractivity contribution < 1.29 is 13.2 Å². The van der Waals surface area contributed by atoms with Crippen LogP contribution in [0.1, 0.15) is 18.7 Å². The fourth-order valence-corrected chi connectivity index (χ4v) is 6.05. The standard InChI is InChI=1S/C19H22N4O4S2/c1-27-15-5-2-3-6-16(15)29(25,26)22-10-8-14(9-11-22)13-17-20-21-19(24)23(17)18-7-4-12-28-18/h2-7,12,14H,8-11,13H2,1H3,(H,21,24). The van der Waals surface area contributed by atoms with Crippen LogP contribution in [0.5, 0.6) is 5.75 Å². The number of sulfonamides is 1. The monoisotopic (exact) mass is 434 g/mol. The summed E-state index contributed by atoms with van der Waals surface area (Å²) in [6, 6.07) is 10.5. The molecule has 0 saturated carbocycles. The van der Waals surface area contributed by atoms with Gasteiger partial charge in [-0.2, -0.15) is 9.40 Å². The first kappa shape index (κ1) is 19.9. The number of para-hydroxylation sites is 1. The second-order valence-corrected chi connectivity index (χ2v) is 9.77. The fraction of sp³-hybridized carbons (Fsp3) is 0.368. The topological polar surface area (TPSA) is 97.3 Å². The predicted molar refractivity (Wildman–Crippen MR) is 110 cm³/mol. The SMILES string of the molecule is COc1ccccc1S(=O)(=O)N1CCC(Cc2n[nH]c(=O)n2-c2cccs2)CC1. The minimum atomic E-state index is -3.61. The summed E-state index contributed by atoms with van der Waals surface area (Å²) in [6.45, 7) is 0.859. The van der Waals surface area contributed by atoms with E-state index in [2.05, 4.69) is 10.2 Å². The summed E-state index contributed by atoms with van der Waals surface area (Å²) < 4.78 is 34.4. The number of nitrogens with zero attached hydrogens (tertiary/aromatic N) is 3. The molecule has 1 fully saturated rings. The Morgan fingerprint density at radius 1 is 1.21 bits per heavy atom. The van der Waals surface area contributed by atoms with Crippen LogP contribution in [0.2, 0.25) is 0 Å². The highest BCUT2D eigenvalue weighted by Crippen LogP contribution is 2.30. The van der Waals surface area contributed by atoms with Crippen molar-refractivity contribution in [2.45, 2.75) is 24.2 Å². The van der Waals surface area contributed by atoms with E-state index in [1.54, 1.807) is 28.8 Å². The normalized spacial score (nSPS) is 16.2. The lowest BCUT2D eigenvalue weighted by molar-refractivity contribution is 0.269. The Labute approximate surface area is 172 Å². The quantitative estimate of drug-likeness (QED) is 0.642. The number of piperidine rings is 1. The van der Waals surface area contributed by atoms with Crippen LogP contribution in [-0.4, -0.2) is 47.7 Å². The van der Waals surface area contributed by atoms with Crippen molar-refractivity contribution in [2.24, 2.45) is 5.92 Å². The van der Waals surface area contributed by atoms with Crippen LogP contribution in [0.3, 0.4) is 0 Å². The number of nitrogens with one attached hydrogen (secondary N) is 1. The lowest BCUT2D eigenvalue weighted by Gasteiger charge is -2.31. The number of methoxy groups -OCH3 is 1. The molecule has 8 nitrogen and oxygen atoms in total. The van der Waals surface area contributed by atoms with E-state index in [1.165, 1.54) is 22.8 Å². The van der Waals surface area contributed by atoms with Gasteiger partial charge < -0.3 is 4.74 Å². The summed E-state index contributed by atoms with van der Waals surface area (Å²) in [5.74, 6) is 1.29. The average Bonchev–Trinajstić information content (AvgIpc) is 3.38. The Hall–Kier alpha value is -2.43. The van der Waals surface area contributed by atoms with E-state index in [9.17, 15) is 13.2 Å². The van der Waals surface area contributed by atoms with E-state index in [-0.39, 0.29) is 16.5 Å². The molecule has 3 heterocycles. The lowest BCUT2D eigenvalue weighted by Crippen LogP contribution is -2.39. The first-order valence-corrected chi connectivity index (χ1v) is 11.7. The Balaban J connectivity index is 1.46. The first-order chi connectivity index (χ1) is 14.0. The zero-order valence-corrected chi connectivity index (χ0v) is 17.6. The molecule has 154 valence electrons. The van der Waals surface area contributed by atoms with Gasteiger partial charge in [-0.3, -0.25) is 0 Å². The van der Waals surface area contributed by atoms with Gasteiger partial charge in [-0.25, -0.2) is 22.9 Å². The van der Waals surface area contributed by atoms with Gasteiger partial charge in [0.15, 0.2) is 0 Å². The third kappa shape index (κ3) is 3.87. The molecule has 0 radical (unpaired) electrons. The number of aromatic amines is 1. The maximum atomic E-state index is 13.0. The summed E-state index contributed by atoms with van der Waals surface area (Å²) in [6.07, 6.45) is 2.04. The van der Waals surface area contributed by atoms with Crippen molar-refractivity contribution in [3.8, 4) is 10.8 Å². The van der Waals surface area contributed by atoms with Crippen LogP contribution in [0.4, 0.5) is 0 Å². The number of benzene rings is 1. The molecule has 2 aromatic heterocycles. The van der Waals surface area contributed by atoms with Gasteiger partial charge in [0.1, 0.15) is 21.5 Å². The van der Waals surface area contributed by atoms with Crippen LogP contribution in [0.15, 0.2) is 51.5 Å². The molecular weight excluding hydrogens is 412 g/mol. The Morgan fingerprint density at radius 3 is 2.66 bits per heavy atom. The van der Waals surface area contributed by atoms with Gasteiger partial charge in [0, 0.05) is 19.5 Å². The summed E-state index contributed by atoms with van der Waals surface area (Å²) in [5, 5.41) is 9.46. The molecule has 1 aliphatic rings. The Kier molecular flexibility index (Phi) is 5.57. The number of aromatic nitrogens is 3. The zero-order valence-electron chi connectivity index (χ0n) is 15.9. The highest BCUT2D eigenvalue weighted by atomic mass is 32.2. The Bertz CT molecular complexity index is 1130. The van der Waals surface area contributed by atoms with E-state index >= 15 is 0 Å². The molecule has 10 heteroatoms. The summed E-state index contributed by atoms with van der Waals surface area (Å²) in [4.78, 5) is 12.3. The highest BCUT2D eigenvalue weighted by molar-refractivity contribution is 7.89. The van der Waals surface area contributed by atoms with Crippen LogP contribution in [0, 0.1) is 5.92 Å². The number of hydrogen-bond donors (Lipinski definition) is 1. The molecule has 3 aromatic rings. The third-order valence-electron chi connectivity index (χ3n) is 5.20. The zero-order chi connectivity index (χ0) is 20.4. The highest BCUT2D eigenvalue weighted by Gasteiger charge is 2.32. The smallest absolute Gasteiger partial charge is 0.348 e. The molecule has 0 bridgehead atoms. The first-order valence-electron chi connectivity index (χ1n) is 9.34. The minimum Gasteiger partial charge on any atom is -0.495 e. The molecule has 1 N–H and O–H groups in total. The van der Waals surface area contributed by atoms with Gasteiger partial charge in [-0.05, 0) is 48.4 Å². The average molecular weight is 435 g/mol. The lowest BCUT2D eigenvalue weighted by atomic mass is 9.94. The minimum absolute atomic E-state index is 0.194. The summed E-state index contributed by atoms with van der Waals surface area (Å²) >= 11 is 1.48. The van der Waals surface area contributed by atoms with E-state index in [0.29, 0.717) is 43.9 Å². The van der Waals surface area contributed by atoms with E-state index in [4.69, 9.17) is 4.74 Å². The van der Waals surface area contributed by atoms with E-state index in [1.807, 2.05) is 17.5 Å². The van der Waals surface area contributed by atoms with Crippen molar-refractivity contribution in [2.75, 3.05) is 20.2 Å². The molecule has 0 amide bonds. The number of H-pyrrole nitrogens is 1. The molecule has 29 heavy (non-hydrogen) atoms. The van der Waals surface area contributed by atoms with Crippen LogP contribution < -0.4 is 10.4 Å². The molecule has 1 aliphatic heterocycles. The largest absolute Gasteiger partial charge is 0.495 e. The van der Waals surface area contributed by atoms with Crippen molar-refractivity contribution in [1.82, 2.24) is 19.1 Å². The molecule has 1 aromatic carbocycles. The van der Waals surface area contributed by atoms with E-state index < -0.39 is 10.0 Å². The summed E-state index contributed by atoms with van der Waals surface area (Å²) in [5.41, 5.74) is -0.251. The molecular formula is C19H22N4O4S2. The van der Waals surface area contributed by atoms with Crippen LogP contribution in [-0.2, 0) is 16.4 Å². The van der Waals surface area contributed by atoms with Crippen molar-refractivity contribution in [3.05, 3.63) is 58.1 Å². The second kappa shape index (κ2) is 8.13. The number of thiophene rings is 1. The molecule has 0 aliphatic carbocycles. The predicted octanol–water partition coefficient (Wildman–Crippen LogP) is 2.27. The molecule has 4 rings (SSSR count). The van der Waals surface area contributed by atoms with E-state index in [0.717, 1.165) is 5.00 Å². The van der Waals surface area contributed by atoms with Gasteiger partial charge in [0.25, 0.3) is 0 Å². The number of ether oxygens (including phenoxy) is 1. The van der Waals surface area contributed by atoms with Gasteiger partial charge >= 0.3 is 5.69 Å². The summed E-state index contributed by atoms with van der Waals surface area (Å²) in [7, 11) is -2.14. The van der Waals surface area contributed by atoms with Crippen molar-refractivity contribution in [3.63, 3.8) is 0 Å².